The molecule has 0 spiro atoms. The molecule has 0 aliphatic heterocycles. The van der Waals surface area contributed by atoms with Crippen LogP contribution in [0.4, 0.5) is 46.0 Å². The molecule has 5 aromatic rings. The minimum Gasteiger partial charge on any atom is -0.744 e. The molecule has 0 fully saturated rings. The van der Waals surface area contributed by atoms with E-state index in [1.165, 1.54) is 31.2 Å². The summed E-state index contributed by atoms with van der Waals surface area (Å²) in [6.45, 7) is 4.86. The fourth-order valence-corrected chi connectivity index (χ4v) is 5.98. The first-order chi connectivity index (χ1) is 22.4. The average Bonchev–Trinajstić information content (AvgIpc) is 2.96. The summed E-state index contributed by atoms with van der Waals surface area (Å²) < 4.78 is 72.2. The van der Waals surface area contributed by atoms with Crippen molar-refractivity contribution >= 4 is 88.6 Å². The molecule has 0 bridgehead atoms. The summed E-state index contributed by atoms with van der Waals surface area (Å²) >= 11 is 5.83. The average molecular weight is 711 g/mol. The molecule has 0 saturated carbocycles. The Kier molecular flexibility index (Phi) is 8.99. The van der Waals surface area contributed by atoms with Crippen molar-refractivity contribution in [1.82, 2.24) is 15.0 Å². The van der Waals surface area contributed by atoms with Crippen LogP contribution in [0.5, 0.6) is 5.75 Å². The van der Waals surface area contributed by atoms with E-state index >= 15 is 0 Å². The van der Waals surface area contributed by atoms with Gasteiger partial charge in [-0.25, -0.2) is 16.8 Å². The first-order valence-electron chi connectivity index (χ1n) is 13.4. The number of rotatable bonds is 8. The maximum absolute atomic E-state index is 12.3. The van der Waals surface area contributed by atoms with Crippen molar-refractivity contribution in [1.29, 1.82) is 0 Å². The van der Waals surface area contributed by atoms with Crippen LogP contribution in [0.25, 0.3) is 10.8 Å². The molecule has 0 radical (unpaired) electrons. The Morgan fingerprint density at radius 2 is 1.44 bits per heavy atom. The Bertz CT molecular complexity index is 2400. The summed E-state index contributed by atoms with van der Waals surface area (Å²) in [7, 11) is -10.1. The molecular formula is C28H23ClN10O7S2-2. The quantitative estimate of drug-likeness (QED) is 0.0835. The molecule has 4 aromatic carbocycles. The fourth-order valence-electron chi connectivity index (χ4n) is 4.57. The van der Waals surface area contributed by atoms with E-state index in [4.69, 9.17) is 23.1 Å². The lowest BCUT2D eigenvalue weighted by atomic mass is 10.0. The number of aromatic hydroxyl groups is 1. The number of aromatic nitrogens is 3. The molecule has 0 aliphatic rings. The van der Waals surface area contributed by atoms with Gasteiger partial charge in [0.15, 0.2) is 5.75 Å². The Morgan fingerprint density at radius 1 is 0.771 bits per heavy atom. The zero-order chi connectivity index (χ0) is 35.1. The lowest BCUT2D eigenvalue weighted by Crippen LogP contribution is -2.03. The van der Waals surface area contributed by atoms with E-state index in [2.05, 4.69) is 40.7 Å². The van der Waals surface area contributed by atoms with E-state index in [1.807, 2.05) is 0 Å². The molecule has 48 heavy (non-hydrogen) atoms. The molecule has 1 aromatic heterocycles. The van der Waals surface area contributed by atoms with Crippen LogP contribution in [0, 0.1) is 20.8 Å². The minimum absolute atomic E-state index is 0.0261. The number of benzene rings is 4. The van der Waals surface area contributed by atoms with E-state index in [0.717, 1.165) is 12.1 Å². The van der Waals surface area contributed by atoms with Crippen molar-refractivity contribution in [3.8, 4) is 5.75 Å². The number of hydrogen-bond donors (Lipinski definition) is 4. The van der Waals surface area contributed by atoms with Crippen molar-refractivity contribution in [2.45, 2.75) is 30.6 Å². The van der Waals surface area contributed by atoms with Gasteiger partial charge >= 0.3 is 0 Å². The number of aryl methyl sites for hydroxylation is 3. The van der Waals surface area contributed by atoms with Gasteiger partial charge in [0.2, 0.25) is 17.2 Å². The van der Waals surface area contributed by atoms with Crippen LogP contribution < -0.4 is 16.8 Å². The lowest BCUT2D eigenvalue weighted by Gasteiger charge is -2.16. The molecule has 6 N–H and O–H groups in total. The fraction of sp³-hybridized carbons (Fsp3) is 0.107. The maximum atomic E-state index is 12.3. The Hall–Kier alpha value is -5.34. The first-order valence-corrected chi connectivity index (χ1v) is 16.6. The van der Waals surface area contributed by atoms with Gasteiger partial charge in [-0.05, 0) is 90.8 Å². The third kappa shape index (κ3) is 7.14. The van der Waals surface area contributed by atoms with Crippen LogP contribution in [0.15, 0.2) is 78.8 Å². The van der Waals surface area contributed by atoms with Gasteiger partial charge in [0.25, 0.3) is 0 Å². The van der Waals surface area contributed by atoms with Gasteiger partial charge in [0, 0.05) is 5.69 Å². The molecule has 1 heterocycles. The molecule has 0 unspecified atom stereocenters. The molecule has 0 saturated heterocycles. The number of nitrogens with two attached hydrogens (primary N) is 2. The second-order valence-electron chi connectivity index (χ2n) is 10.3. The predicted molar refractivity (Wildman–Crippen MR) is 174 cm³/mol. The molecule has 0 amide bonds. The van der Waals surface area contributed by atoms with Crippen LogP contribution in [0.3, 0.4) is 0 Å². The van der Waals surface area contributed by atoms with Crippen molar-refractivity contribution in [3.05, 3.63) is 70.5 Å². The third-order valence-corrected chi connectivity index (χ3v) is 8.70. The molecule has 0 atom stereocenters. The van der Waals surface area contributed by atoms with Crippen molar-refractivity contribution in [2.75, 3.05) is 16.8 Å². The monoisotopic (exact) mass is 710 g/mol. The molecule has 0 aliphatic carbocycles. The number of phenolic OH excluding ortho intramolecular Hbond substituents is 1. The number of nitrogens with one attached hydrogen (secondary N) is 1. The highest BCUT2D eigenvalue weighted by molar-refractivity contribution is 7.86. The number of fused-ring (bicyclic) bond motifs is 1. The molecule has 17 nitrogen and oxygen atoms in total. The highest BCUT2D eigenvalue weighted by atomic mass is 35.5. The number of nitrogen functional groups attached to an aromatic ring is 2. The van der Waals surface area contributed by atoms with E-state index in [9.17, 15) is 31.0 Å². The largest absolute Gasteiger partial charge is 0.744 e. The highest BCUT2D eigenvalue weighted by Gasteiger charge is 2.22. The number of anilines is 4. The lowest BCUT2D eigenvalue weighted by molar-refractivity contribution is 0.458. The number of azo groups is 2. The van der Waals surface area contributed by atoms with Crippen molar-refractivity contribution in [2.24, 2.45) is 20.5 Å². The molecule has 20 heteroatoms. The minimum atomic E-state index is -5.22. The van der Waals surface area contributed by atoms with E-state index in [-0.39, 0.29) is 50.7 Å². The summed E-state index contributed by atoms with van der Waals surface area (Å²) in [6, 6.07) is 11.0. The van der Waals surface area contributed by atoms with E-state index in [0.29, 0.717) is 22.4 Å². The zero-order valence-electron chi connectivity index (χ0n) is 25.0. The van der Waals surface area contributed by atoms with Gasteiger partial charge in [-0.15, -0.1) is 15.3 Å². The van der Waals surface area contributed by atoms with Crippen LogP contribution >= 0.6 is 11.6 Å². The number of phenols is 1. The molecule has 248 valence electrons. The van der Waals surface area contributed by atoms with Crippen LogP contribution in [-0.2, 0) is 20.2 Å². The van der Waals surface area contributed by atoms with E-state index in [1.54, 1.807) is 26.0 Å². The predicted octanol–water partition coefficient (Wildman–Crippen LogP) is 5.86. The normalized spacial score (nSPS) is 12.4. The standard InChI is InChI=1S/C28H25ClN10O7S2/c1-12-4-7-19(47(41,42)43)18(8-12)37-38-23-14(3)9-15-10-20(48(44,45)46)24(25(40)21(15)22(23)30)39-36-17-11-16(6-5-13(17)2)32-28-34-26(29)33-27(31)35-28/h4-11,40H,30H2,1-3H3,(H,41,42,43)(H,44,45,46)(H3,31,32,33,34,35)/p-2. The first kappa shape index (κ1) is 34.0. The van der Waals surface area contributed by atoms with Crippen LogP contribution in [0.1, 0.15) is 16.7 Å². The second kappa shape index (κ2) is 12.7. The highest BCUT2D eigenvalue weighted by Crippen LogP contribution is 2.47. The zero-order valence-corrected chi connectivity index (χ0v) is 27.4. The Balaban J connectivity index is 1.63. The molecule has 5 rings (SSSR count). The van der Waals surface area contributed by atoms with Gasteiger partial charge in [-0.2, -0.15) is 20.1 Å². The SMILES string of the molecule is Cc1ccc(S(=O)(=O)[O-])c(N=Nc2c(C)cc3cc(S(=O)(=O)[O-])c(N=Nc4cc(Nc5nc(N)nc(Cl)n5)ccc4C)c(O)c3c2N)c1. The topological polar surface area (TPSA) is 287 Å². The summed E-state index contributed by atoms with van der Waals surface area (Å²) in [5.41, 5.74) is 12.8. The summed E-state index contributed by atoms with van der Waals surface area (Å²) in [5, 5.41) is 30.0. The number of hydrogen-bond acceptors (Lipinski definition) is 17. The van der Waals surface area contributed by atoms with Crippen molar-refractivity contribution in [3.63, 3.8) is 0 Å². The van der Waals surface area contributed by atoms with Crippen LogP contribution in [0.2, 0.25) is 5.28 Å². The van der Waals surface area contributed by atoms with Gasteiger partial charge in [-0.3, -0.25) is 0 Å². The Labute approximate surface area is 278 Å². The summed E-state index contributed by atoms with van der Waals surface area (Å²) in [5.74, 6) is -0.907. The van der Waals surface area contributed by atoms with E-state index < -0.39 is 41.5 Å². The summed E-state index contributed by atoms with van der Waals surface area (Å²) in [4.78, 5) is 10.0. The number of nitrogens with zero attached hydrogens (tertiary/aromatic N) is 7. The maximum Gasteiger partial charge on any atom is 0.233 e. The van der Waals surface area contributed by atoms with Gasteiger partial charge < -0.3 is 31.0 Å². The van der Waals surface area contributed by atoms with Crippen molar-refractivity contribution < 1.29 is 31.0 Å². The smallest absolute Gasteiger partial charge is 0.233 e. The van der Waals surface area contributed by atoms with Gasteiger partial charge in [-0.1, -0.05) is 12.1 Å². The third-order valence-electron chi connectivity index (χ3n) is 6.80. The van der Waals surface area contributed by atoms with Gasteiger partial charge in [0.1, 0.15) is 37.3 Å². The Morgan fingerprint density at radius 3 is 2.10 bits per heavy atom. The summed E-state index contributed by atoms with van der Waals surface area (Å²) in [6.07, 6.45) is 0. The second-order valence-corrected chi connectivity index (χ2v) is 13.4. The number of halogens is 1. The van der Waals surface area contributed by atoms with Crippen LogP contribution in [-0.4, -0.2) is 46.0 Å². The van der Waals surface area contributed by atoms with Gasteiger partial charge in [0.05, 0.1) is 26.6 Å². The molecular weight excluding hydrogens is 688 g/mol.